The monoisotopic (exact) mass is 372 g/mol. The van der Waals surface area contributed by atoms with Gasteiger partial charge in [0.2, 0.25) is 0 Å². The van der Waals surface area contributed by atoms with Gasteiger partial charge in [-0.25, -0.2) is 0 Å². The SMILES string of the molecule is CCOc1ccc(C=Nc2ccc(N=Cc3ccc(OCC)cc3)cc2)cc1. The van der Waals surface area contributed by atoms with E-state index in [0.717, 1.165) is 34.0 Å². The van der Waals surface area contributed by atoms with E-state index in [2.05, 4.69) is 9.98 Å². The van der Waals surface area contributed by atoms with Gasteiger partial charge in [0.1, 0.15) is 11.5 Å². The first-order valence-electron chi connectivity index (χ1n) is 9.40. The van der Waals surface area contributed by atoms with Gasteiger partial charge in [0, 0.05) is 12.4 Å². The summed E-state index contributed by atoms with van der Waals surface area (Å²) in [6, 6.07) is 23.6. The van der Waals surface area contributed by atoms with Gasteiger partial charge < -0.3 is 9.47 Å². The van der Waals surface area contributed by atoms with Crippen LogP contribution in [0.15, 0.2) is 82.8 Å². The van der Waals surface area contributed by atoms with Crippen LogP contribution >= 0.6 is 0 Å². The fourth-order valence-corrected chi connectivity index (χ4v) is 2.56. The lowest BCUT2D eigenvalue weighted by Crippen LogP contribution is -1.91. The van der Waals surface area contributed by atoms with Crippen molar-refractivity contribution in [2.24, 2.45) is 9.98 Å². The Morgan fingerprint density at radius 3 is 1.25 bits per heavy atom. The zero-order valence-electron chi connectivity index (χ0n) is 16.2. The molecule has 0 radical (unpaired) electrons. The zero-order chi connectivity index (χ0) is 19.6. The molecule has 0 fully saturated rings. The first-order valence-corrected chi connectivity index (χ1v) is 9.40. The van der Waals surface area contributed by atoms with Crippen LogP contribution in [-0.4, -0.2) is 25.6 Å². The molecule has 4 heteroatoms. The molecule has 0 amide bonds. The molecule has 0 aliphatic rings. The minimum absolute atomic E-state index is 0.668. The standard InChI is InChI=1S/C24H24N2O2/c1-3-27-23-13-5-19(6-14-23)17-25-21-9-11-22(12-10-21)26-18-20-7-15-24(16-8-20)28-4-2/h5-18H,3-4H2,1-2H3. The quantitative estimate of drug-likeness (QED) is 0.456. The van der Waals surface area contributed by atoms with Gasteiger partial charge in [-0.15, -0.1) is 0 Å². The van der Waals surface area contributed by atoms with Crippen LogP contribution in [0.2, 0.25) is 0 Å². The van der Waals surface area contributed by atoms with E-state index in [1.165, 1.54) is 0 Å². The first-order chi connectivity index (χ1) is 13.8. The lowest BCUT2D eigenvalue weighted by Gasteiger charge is -2.02. The molecule has 0 aliphatic heterocycles. The van der Waals surface area contributed by atoms with Crippen molar-refractivity contribution < 1.29 is 9.47 Å². The molecular formula is C24H24N2O2. The average Bonchev–Trinajstić information content (AvgIpc) is 2.74. The van der Waals surface area contributed by atoms with Crippen LogP contribution in [0.4, 0.5) is 11.4 Å². The summed E-state index contributed by atoms with van der Waals surface area (Å²) in [6.07, 6.45) is 3.68. The summed E-state index contributed by atoms with van der Waals surface area (Å²) in [6.45, 7) is 5.28. The van der Waals surface area contributed by atoms with E-state index in [4.69, 9.17) is 9.47 Å². The molecule has 0 heterocycles. The van der Waals surface area contributed by atoms with Crippen LogP contribution < -0.4 is 9.47 Å². The molecule has 28 heavy (non-hydrogen) atoms. The van der Waals surface area contributed by atoms with Crippen molar-refractivity contribution in [2.45, 2.75) is 13.8 Å². The van der Waals surface area contributed by atoms with Crippen LogP contribution in [0.5, 0.6) is 11.5 Å². The molecule has 3 aromatic carbocycles. The Morgan fingerprint density at radius 2 is 0.929 bits per heavy atom. The Hall–Kier alpha value is -3.40. The average molecular weight is 372 g/mol. The summed E-state index contributed by atoms with van der Waals surface area (Å²) in [7, 11) is 0. The summed E-state index contributed by atoms with van der Waals surface area (Å²) >= 11 is 0. The molecular weight excluding hydrogens is 348 g/mol. The molecule has 142 valence electrons. The molecule has 0 aromatic heterocycles. The highest BCUT2D eigenvalue weighted by atomic mass is 16.5. The van der Waals surface area contributed by atoms with E-state index < -0.39 is 0 Å². The summed E-state index contributed by atoms with van der Waals surface area (Å²) in [5, 5.41) is 0. The topological polar surface area (TPSA) is 43.2 Å². The van der Waals surface area contributed by atoms with E-state index in [1.807, 2.05) is 99.1 Å². The van der Waals surface area contributed by atoms with Crippen LogP contribution in [0.1, 0.15) is 25.0 Å². The van der Waals surface area contributed by atoms with Crippen LogP contribution in [0.3, 0.4) is 0 Å². The molecule has 3 aromatic rings. The van der Waals surface area contributed by atoms with Gasteiger partial charge in [-0.1, -0.05) is 0 Å². The normalized spacial score (nSPS) is 11.2. The fourth-order valence-electron chi connectivity index (χ4n) is 2.56. The predicted octanol–water partition coefficient (Wildman–Crippen LogP) is 5.99. The maximum absolute atomic E-state index is 5.44. The van der Waals surface area contributed by atoms with Crippen molar-refractivity contribution in [1.29, 1.82) is 0 Å². The lowest BCUT2D eigenvalue weighted by molar-refractivity contribution is 0.340. The molecule has 0 aliphatic carbocycles. The van der Waals surface area contributed by atoms with Gasteiger partial charge >= 0.3 is 0 Å². The van der Waals surface area contributed by atoms with Crippen molar-refractivity contribution in [1.82, 2.24) is 0 Å². The second-order valence-electron chi connectivity index (χ2n) is 6.04. The minimum Gasteiger partial charge on any atom is -0.494 e. The van der Waals surface area contributed by atoms with Crippen LogP contribution in [0, 0.1) is 0 Å². The molecule has 0 saturated carbocycles. The number of aliphatic imine (C=N–C) groups is 2. The van der Waals surface area contributed by atoms with Gasteiger partial charge in [0.15, 0.2) is 0 Å². The molecule has 0 atom stereocenters. The van der Waals surface area contributed by atoms with Gasteiger partial charge in [-0.3, -0.25) is 9.98 Å². The second-order valence-corrected chi connectivity index (χ2v) is 6.04. The number of benzene rings is 3. The van der Waals surface area contributed by atoms with E-state index in [-0.39, 0.29) is 0 Å². The molecule has 0 saturated heterocycles. The lowest BCUT2D eigenvalue weighted by atomic mass is 10.2. The summed E-state index contributed by atoms with van der Waals surface area (Å²) in [4.78, 5) is 9.01. The highest BCUT2D eigenvalue weighted by Gasteiger charge is 1.95. The van der Waals surface area contributed by atoms with E-state index in [9.17, 15) is 0 Å². The molecule has 3 rings (SSSR count). The third-order valence-corrected chi connectivity index (χ3v) is 3.96. The number of nitrogens with zero attached hydrogens (tertiary/aromatic N) is 2. The second kappa shape index (κ2) is 10.1. The van der Waals surface area contributed by atoms with Gasteiger partial charge in [0.25, 0.3) is 0 Å². The summed E-state index contributed by atoms with van der Waals surface area (Å²) in [5.74, 6) is 1.74. The van der Waals surface area contributed by atoms with Crippen molar-refractivity contribution in [3.63, 3.8) is 0 Å². The fraction of sp³-hybridized carbons (Fsp3) is 0.167. The molecule has 0 N–H and O–H groups in total. The Kier molecular flexibility index (Phi) is 6.96. The molecule has 4 nitrogen and oxygen atoms in total. The van der Waals surface area contributed by atoms with Crippen LogP contribution in [-0.2, 0) is 0 Å². The van der Waals surface area contributed by atoms with Gasteiger partial charge in [-0.05, 0) is 97.8 Å². The Labute approximate surface area is 166 Å². The van der Waals surface area contributed by atoms with Gasteiger partial charge in [0.05, 0.1) is 24.6 Å². The third-order valence-electron chi connectivity index (χ3n) is 3.96. The minimum atomic E-state index is 0.668. The van der Waals surface area contributed by atoms with E-state index >= 15 is 0 Å². The highest BCUT2D eigenvalue weighted by Crippen LogP contribution is 2.19. The predicted molar refractivity (Wildman–Crippen MR) is 116 cm³/mol. The summed E-state index contributed by atoms with van der Waals surface area (Å²) < 4.78 is 10.9. The molecule has 0 spiro atoms. The highest BCUT2D eigenvalue weighted by molar-refractivity contribution is 5.83. The largest absolute Gasteiger partial charge is 0.494 e. The smallest absolute Gasteiger partial charge is 0.119 e. The number of rotatable bonds is 8. The van der Waals surface area contributed by atoms with Crippen LogP contribution in [0.25, 0.3) is 0 Å². The maximum Gasteiger partial charge on any atom is 0.119 e. The first kappa shape index (κ1) is 19.4. The van der Waals surface area contributed by atoms with Crippen molar-refractivity contribution in [3.05, 3.63) is 83.9 Å². The van der Waals surface area contributed by atoms with Crippen molar-refractivity contribution in [2.75, 3.05) is 13.2 Å². The van der Waals surface area contributed by atoms with Crippen molar-refractivity contribution >= 4 is 23.8 Å². The Bertz CT molecular complexity index is 834. The van der Waals surface area contributed by atoms with E-state index in [0.29, 0.717) is 13.2 Å². The molecule has 0 unspecified atom stereocenters. The van der Waals surface area contributed by atoms with E-state index in [1.54, 1.807) is 0 Å². The Morgan fingerprint density at radius 1 is 0.571 bits per heavy atom. The number of ether oxygens (including phenoxy) is 2. The summed E-state index contributed by atoms with van der Waals surface area (Å²) in [5.41, 5.74) is 3.82. The zero-order valence-corrected chi connectivity index (χ0v) is 16.2. The molecule has 0 bridgehead atoms. The Balaban J connectivity index is 1.59. The van der Waals surface area contributed by atoms with Crippen molar-refractivity contribution in [3.8, 4) is 11.5 Å². The third kappa shape index (κ3) is 5.81. The number of hydrogen-bond acceptors (Lipinski definition) is 4. The van der Waals surface area contributed by atoms with Gasteiger partial charge in [-0.2, -0.15) is 0 Å². The maximum atomic E-state index is 5.44. The number of hydrogen-bond donors (Lipinski definition) is 0.